The predicted molar refractivity (Wildman–Crippen MR) is 131 cm³/mol. The molecule has 3 aromatic carbocycles. The molecule has 0 N–H and O–H groups in total. The highest BCUT2D eigenvalue weighted by Gasteiger charge is 2.30. The molecule has 0 aliphatic carbocycles. The molecule has 2 heterocycles. The quantitative estimate of drug-likeness (QED) is 0.332. The molecule has 0 spiro atoms. The van der Waals surface area contributed by atoms with E-state index in [1.54, 1.807) is 12.1 Å². The summed E-state index contributed by atoms with van der Waals surface area (Å²) in [5.41, 5.74) is 2.24. The first kappa shape index (κ1) is 21.5. The number of hydrogen-bond donors (Lipinski definition) is 0. The lowest BCUT2D eigenvalue weighted by Gasteiger charge is -2.40. The van der Waals surface area contributed by atoms with Gasteiger partial charge in [0.15, 0.2) is 5.82 Å². The van der Waals surface area contributed by atoms with Crippen molar-refractivity contribution >= 4 is 28.2 Å². The van der Waals surface area contributed by atoms with E-state index in [1.807, 2.05) is 72.5 Å². The first-order valence-corrected chi connectivity index (χ1v) is 11.1. The van der Waals surface area contributed by atoms with Crippen LogP contribution in [0.3, 0.4) is 0 Å². The minimum atomic E-state index is -0.397. The van der Waals surface area contributed by atoms with E-state index in [0.29, 0.717) is 42.1 Å². The van der Waals surface area contributed by atoms with Gasteiger partial charge in [0.05, 0.1) is 4.92 Å². The third kappa shape index (κ3) is 3.94. The van der Waals surface area contributed by atoms with Gasteiger partial charge in [0.1, 0.15) is 5.69 Å². The number of non-ortho nitro benzene ring substituents is 1. The molecule has 1 aliphatic heterocycles. The molecule has 1 atom stereocenters. The molecule has 1 amide bonds. The SMILES string of the molecule is CC1CN(C(=O)c2ccccc2)CCN1c1nnc(-c2ccccc2)c2ccc([N+](=O)[O-])cc12. The van der Waals surface area contributed by atoms with Gasteiger partial charge >= 0.3 is 0 Å². The number of aromatic nitrogens is 2. The fourth-order valence-corrected chi connectivity index (χ4v) is 4.48. The summed E-state index contributed by atoms with van der Waals surface area (Å²) in [6.45, 7) is 3.63. The van der Waals surface area contributed by atoms with E-state index in [4.69, 9.17) is 0 Å². The van der Waals surface area contributed by atoms with Crippen molar-refractivity contribution in [1.82, 2.24) is 15.1 Å². The molecule has 4 aromatic rings. The third-order valence-electron chi connectivity index (χ3n) is 6.21. The van der Waals surface area contributed by atoms with Crippen LogP contribution in [0, 0.1) is 10.1 Å². The Bertz CT molecular complexity index is 1360. The van der Waals surface area contributed by atoms with Crippen molar-refractivity contribution in [3.63, 3.8) is 0 Å². The molecule has 1 aromatic heterocycles. The normalized spacial score (nSPS) is 16.0. The Labute approximate surface area is 196 Å². The predicted octanol–water partition coefficient (Wildman–Crippen LogP) is 4.56. The molecule has 170 valence electrons. The molecular formula is C26H23N5O3. The molecule has 34 heavy (non-hydrogen) atoms. The summed E-state index contributed by atoms with van der Waals surface area (Å²) >= 11 is 0. The highest BCUT2D eigenvalue weighted by atomic mass is 16.6. The average molecular weight is 454 g/mol. The standard InChI is InChI=1S/C26H23N5O3/c1-18-17-29(26(32)20-10-6-3-7-11-20)14-15-30(18)25-23-16-21(31(33)34)12-13-22(23)24(27-28-25)19-8-4-2-5-9-19/h2-13,16,18H,14-15,17H2,1H3. The zero-order valence-corrected chi connectivity index (χ0v) is 18.7. The van der Waals surface area contributed by atoms with Gasteiger partial charge in [-0.05, 0) is 25.1 Å². The van der Waals surface area contributed by atoms with Crippen LogP contribution in [-0.2, 0) is 0 Å². The van der Waals surface area contributed by atoms with Crippen LogP contribution in [0.1, 0.15) is 17.3 Å². The Kier molecular flexibility index (Phi) is 5.63. The number of nitrogens with zero attached hydrogens (tertiary/aromatic N) is 5. The average Bonchev–Trinajstić information content (AvgIpc) is 2.88. The van der Waals surface area contributed by atoms with Gasteiger partial charge in [-0.1, -0.05) is 48.5 Å². The molecule has 1 saturated heterocycles. The van der Waals surface area contributed by atoms with Crippen LogP contribution < -0.4 is 4.90 Å². The van der Waals surface area contributed by atoms with Gasteiger partial charge in [0.2, 0.25) is 0 Å². The molecule has 1 aliphatic rings. The molecular weight excluding hydrogens is 430 g/mol. The van der Waals surface area contributed by atoms with Gasteiger partial charge in [-0.25, -0.2) is 0 Å². The molecule has 1 unspecified atom stereocenters. The van der Waals surface area contributed by atoms with Crippen LogP contribution >= 0.6 is 0 Å². The van der Waals surface area contributed by atoms with E-state index in [9.17, 15) is 14.9 Å². The molecule has 8 heteroatoms. The fraction of sp³-hybridized carbons (Fsp3) is 0.192. The molecule has 0 bridgehead atoms. The molecule has 8 nitrogen and oxygen atoms in total. The largest absolute Gasteiger partial charge is 0.348 e. The molecule has 0 saturated carbocycles. The molecule has 5 rings (SSSR count). The van der Waals surface area contributed by atoms with Crippen molar-refractivity contribution in [3.8, 4) is 11.3 Å². The number of fused-ring (bicyclic) bond motifs is 1. The van der Waals surface area contributed by atoms with Crippen LogP contribution in [-0.4, -0.2) is 51.6 Å². The van der Waals surface area contributed by atoms with Crippen LogP contribution in [0.2, 0.25) is 0 Å². The van der Waals surface area contributed by atoms with Gasteiger partial charge in [0.25, 0.3) is 11.6 Å². The number of carbonyl (C=O) groups is 1. The summed E-state index contributed by atoms with van der Waals surface area (Å²) in [5.74, 6) is 0.593. The first-order chi connectivity index (χ1) is 16.5. The minimum absolute atomic E-state index is 0.00175. The maximum Gasteiger partial charge on any atom is 0.270 e. The second-order valence-electron chi connectivity index (χ2n) is 8.38. The van der Waals surface area contributed by atoms with E-state index in [2.05, 4.69) is 15.1 Å². The number of amides is 1. The number of hydrogen-bond acceptors (Lipinski definition) is 6. The van der Waals surface area contributed by atoms with Crippen molar-refractivity contribution in [2.75, 3.05) is 24.5 Å². The van der Waals surface area contributed by atoms with Crippen LogP contribution in [0.5, 0.6) is 0 Å². The number of anilines is 1. The molecule has 0 radical (unpaired) electrons. The smallest absolute Gasteiger partial charge is 0.270 e. The lowest BCUT2D eigenvalue weighted by molar-refractivity contribution is -0.384. The van der Waals surface area contributed by atoms with Gasteiger partial charge in [-0.2, -0.15) is 0 Å². The lowest BCUT2D eigenvalue weighted by atomic mass is 10.0. The highest BCUT2D eigenvalue weighted by Crippen LogP contribution is 2.35. The van der Waals surface area contributed by atoms with Crippen molar-refractivity contribution in [2.24, 2.45) is 0 Å². The van der Waals surface area contributed by atoms with E-state index < -0.39 is 4.92 Å². The summed E-state index contributed by atoms with van der Waals surface area (Å²) < 4.78 is 0. The zero-order chi connectivity index (χ0) is 23.7. The maximum atomic E-state index is 12.9. The highest BCUT2D eigenvalue weighted by molar-refractivity contribution is 6.01. The Hall–Kier alpha value is -4.33. The summed E-state index contributed by atoms with van der Waals surface area (Å²) in [6, 6.07) is 23.7. The Morgan fingerprint density at radius 3 is 2.32 bits per heavy atom. The van der Waals surface area contributed by atoms with E-state index in [-0.39, 0.29) is 17.6 Å². The van der Waals surface area contributed by atoms with E-state index in [0.717, 1.165) is 10.9 Å². The number of rotatable bonds is 4. The van der Waals surface area contributed by atoms with Crippen LogP contribution in [0.4, 0.5) is 11.5 Å². The summed E-state index contributed by atoms with van der Waals surface area (Å²) in [6.07, 6.45) is 0. The van der Waals surface area contributed by atoms with E-state index >= 15 is 0 Å². The first-order valence-electron chi connectivity index (χ1n) is 11.1. The maximum absolute atomic E-state index is 12.9. The summed E-state index contributed by atoms with van der Waals surface area (Å²) in [5, 5.41) is 22.1. The number of nitro groups is 1. The number of benzene rings is 3. The molecule has 1 fully saturated rings. The number of carbonyl (C=O) groups excluding carboxylic acids is 1. The lowest BCUT2D eigenvalue weighted by Crippen LogP contribution is -2.54. The van der Waals surface area contributed by atoms with Gasteiger partial charge in [-0.15, -0.1) is 10.2 Å². The topological polar surface area (TPSA) is 92.5 Å². The van der Waals surface area contributed by atoms with Crippen LogP contribution in [0.15, 0.2) is 78.9 Å². The number of nitro benzene ring substituents is 1. The van der Waals surface area contributed by atoms with Crippen molar-refractivity contribution in [3.05, 3.63) is 94.5 Å². The van der Waals surface area contributed by atoms with Crippen molar-refractivity contribution in [2.45, 2.75) is 13.0 Å². The Balaban J connectivity index is 1.52. The number of piperazine rings is 1. The Morgan fingerprint density at radius 2 is 1.65 bits per heavy atom. The second-order valence-corrected chi connectivity index (χ2v) is 8.38. The van der Waals surface area contributed by atoms with Gasteiger partial charge < -0.3 is 9.80 Å². The monoisotopic (exact) mass is 453 g/mol. The second kappa shape index (κ2) is 8.90. The van der Waals surface area contributed by atoms with Crippen LogP contribution in [0.25, 0.3) is 22.0 Å². The van der Waals surface area contributed by atoms with Crippen molar-refractivity contribution < 1.29 is 9.72 Å². The summed E-state index contributed by atoms with van der Waals surface area (Å²) in [4.78, 5) is 28.0. The third-order valence-corrected chi connectivity index (χ3v) is 6.21. The van der Waals surface area contributed by atoms with E-state index in [1.165, 1.54) is 6.07 Å². The van der Waals surface area contributed by atoms with Gasteiger partial charge in [0, 0.05) is 59.7 Å². The Morgan fingerprint density at radius 1 is 0.941 bits per heavy atom. The van der Waals surface area contributed by atoms with Gasteiger partial charge in [-0.3, -0.25) is 14.9 Å². The zero-order valence-electron chi connectivity index (χ0n) is 18.7. The fourth-order valence-electron chi connectivity index (χ4n) is 4.48. The van der Waals surface area contributed by atoms with Crippen molar-refractivity contribution in [1.29, 1.82) is 0 Å². The minimum Gasteiger partial charge on any atom is -0.348 e. The summed E-state index contributed by atoms with van der Waals surface area (Å²) in [7, 11) is 0.